The average molecular weight is 197 g/mol. The number of hydrogen-bond donors (Lipinski definition) is 1. The summed E-state index contributed by atoms with van der Waals surface area (Å²) >= 11 is 0. The third kappa shape index (κ3) is 2.65. The van der Waals surface area contributed by atoms with Crippen molar-refractivity contribution in [1.29, 1.82) is 0 Å². The first kappa shape index (κ1) is 10.4. The van der Waals surface area contributed by atoms with Crippen LogP contribution in [0.5, 0.6) is 0 Å². The Morgan fingerprint density at radius 1 is 1.50 bits per heavy atom. The molecule has 76 valence electrons. The zero-order valence-corrected chi connectivity index (χ0v) is 8.23. The third-order valence-corrected chi connectivity index (χ3v) is 1.58. The second-order valence-electron chi connectivity index (χ2n) is 3.20. The molecule has 0 fully saturated rings. The molecule has 0 atom stereocenters. The number of Topliss-reactive ketones (excluding diaryl/α,β-unsaturated/α-hetero) is 2. The molecular weight excluding hydrogens is 184 g/mol. The van der Waals surface area contributed by atoms with Crippen LogP contribution >= 0.6 is 0 Å². The number of rotatable bonds is 4. The van der Waals surface area contributed by atoms with Crippen molar-refractivity contribution < 1.29 is 14.2 Å². The summed E-state index contributed by atoms with van der Waals surface area (Å²) in [6.45, 7) is 3.29. The molecule has 0 unspecified atom stereocenters. The van der Waals surface area contributed by atoms with Crippen molar-refractivity contribution in [3.8, 4) is 0 Å². The van der Waals surface area contributed by atoms with Crippen LogP contribution in [0.3, 0.4) is 0 Å². The Balaban J connectivity index is 2.81. The van der Waals surface area contributed by atoms with Gasteiger partial charge in [-0.1, -0.05) is 0 Å². The fourth-order valence-electron chi connectivity index (χ4n) is 1.10. The smallest absolute Gasteiger partial charge is 0.305 e. The Hall–Kier alpha value is -1.72. The monoisotopic (exact) mass is 197 g/mol. The normalized spacial score (nSPS) is 10.1. The van der Waals surface area contributed by atoms with E-state index < -0.39 is 0 Å². The summed E-state index contributed by atoms with van der Waals surface area (Å²) in [7, 11) is 0. The molecule has 1 rings (SSSR count). The maximum Gasteiger partial charge on any atom is 0.375 e. The van der Waals surface area contributed by atoms with Gasteiger partial charge < -0.3 is 5.73 Å². The molecule has 0 aliphatic heterocycles. The molecule has 6 nitrogen and oxygen atoms in total. The Morgan fingerprint density at radius 3 is 2.64 bits per heavy atom. The number of carbonyl (C=O) groups excluding carboxylic acids is 2. The molecule has 0 saturated carbocycles. The van der Waals surface area contributed by atoms with Crippen LogP contribution < -0.4 is 10.3 Å². The summed E-state index contributed by atoms with van der Waals surface area (Å²) < 4.78 is 2.92. The molecule has 0 radical (unpaired) electrons. The Labute approximate surface area is 81.3 Å². The summed E-state index contributed by atoms with van der Waals surface area (Å²) in [4.78, 5) is 21.6. The number of carbonyl (C=O) groups is 2. The predicted octanol–water partition coefficient (Wildman–Crippen LogP) is -1.07. The quantitative estimate of drug-likeness (QED) is 0.623. The van der Waals surface area contributed by atoms with Crippen LogP contribution in [-0.4, -0.2) is 21.3 Å². The van der Waals surface area contributed by atoms with Crippen molar-refractivity contribution in [2.75, 3.05) is 5.73 Å². The van der Waals surface area contributed by atoms with Gasteiger partial charge in [-0.05, 0) is 13.8 Å². The van der Waals surface area contributed by atoms with E-state index in [-0.39, 0.29) is 30.6 Å². The summed E-state index contributed by atoms with van der Waals surface area (Å²) in [6, 6.07) is 0. The van der Waals surface area contributed by atoms with E-state index in [0.29, 0.717) is 0 Å². The van der Waals surface area contributed by atoms with Gasteiger partial charge >= 0.3 is 5.95 Å². The fraction of sp³-hybridized carbons (Fsp3) is 0.500. The van der Waals surface area contributed by atoms with Crippen molar-refractivity contribution >= 4 is 17.5 Å². The summed E-state index contributed by atoms with van der Waals surface area (Å²) in [6.07, 6.45) is 1.55. The molecule has 6 heteroatoms. The highest BCUT2D eigenvalue weighted by molar-refractivity contribution is 5.75. The van der Waals surface area contributed by atoms with Gasteiger partial charge in [-0.25, -0.2) is 4.57 Å². The van der Waals surface area contributed by atoms with Crippen LogP contribution in [0.15, 0.2) is 6.33 Å². The molecule has 1 aromatic rings. The van der Waals surface area contributed by atoms with E-state index in [1.807, 2.05) is 0 Å². The van der Waals surface area contributed by atoms with Crippen LogP contribution in [-0.2, 0) is 22.7 Å². The number of aromatic nitrogens is 3. The highest BCUT2D eigenvalue weighted by atomic mass is 16.1. The van der Waals surface area contributed by atoms with Gasteiger partial charge in [0.2, 0.25) is 0 Å². The molecule has 0 aliphatic rings. The van der Waals surface area contributed by atoms with Gasteiger partial charge in [0.25, 0.3) is 0 Å². The Morgan fingerprint density at radius 2 is 2.14 bits per heavy atom. The van der Waals surface area contributed by atoms with E-state index in [1.54, 1.807) is 6.33 Å². The number of nitrogens with two attached hydrogens (primary N) is 1. The Kier molecular flexibility index (Phi) is 2.95. The van der Waals surface area contributed by atoms with Crippen molar-refractivity contribution in [2.24, 2.45) is 0 Å². The SMILES string of the molecule is CC(=O)Cn1c[n+](CC(C)=O)c(N)n1. The van der Waals surface area contributed by atoms with Gasteiger partial charge in [0, 0.05) is 5.10 Å². The van der Waals surface area contributed by atoms with Gasteiger partial charge in [-0.2, -0.15) is 0 Å². The first-order valence-corrected chi connectivity index (χ1v) is 4.20. The lowest BCUT2D eigenvalue weighted by molar-refractivity contribution is -0.670. The van der Waals surface area contributed by atoms with E-state index in [9.17, 15) is 9.59 Å². The summed E-state index contributed by atoms with van der Waals surface area (Å²) in [5.41, 5.74) is 5.53. The van der Waals surface area contributed by atoms with Crippen molar-refractivity contribution in [3.63, 3.8) is 0 Å². The standard InChI is InChI=1S/C8H13N4O2/c1-6(13)3-11-5-12(4-7(2)14)10-8(11)9/h5H,3-4H2,1-2H3,(H2,9,10)/q+1. The van der Waals surface area contributed by atoms with Gasteiger partial charge in [0.1, 0.15) is 13.1 Å². The zero-order chi connectivity index (χ0) is 10.7. The zero-order valence-electron chi connectivity index (χ0n) is 8.23. The lowest BCUT2D eigenvalue weighted by Crippen LogP contribution is -2.38. The van der Waals surface area contributed by atoms with Crippen LogP contribution in [0.4, 0.5) is 5.95 Å². The number of anilines is 1. The van der Waals surface area contributed by atoms with Crippen molar-refractivity contribution in [3.05, 3.63) is 6.33 Å². The molecule has 2 N–H and O–H groups in total. The minimum atomic E-state index is -0.0116. The number of ketones is 2. The fourth-order valence-corrected chi connectivity index (χ4v) is 1.10. The highest BCUT2D eigenvalue weighted by Crippen LogP contribution is 1.89. The molecule has 0 aliphatic carbocycles. The highest BCUT2D eigenvalue weighted by Gasteiger charge is 2.13. The van der Waals surface area contributed by atoms with Gasteiger partial charge in [-0.15, -0.1) is 4.68 Å². The number of nitrogens with zero attached hydrogens (tertiary/aromatic N) is 3. The molecule has 0 amide bonds. The van der Waals surface area contributed by atoms with E-state index in [0.717, 1.165) is 0 Å². The first-order chi connectivity index (χ1) is 6.49. The van der Waals surface area contributed by atoms with Crippen molar-refractivity contribution in [2.45, 2.75) is 26.9 Å². The second kappa shape index (κ2) is 3.99. The molecule has 0 bridgehead atoms. The molecule has 0 aromatic carbocycles. The van der Waals surface area contributed by atoms with Gasteiger partial charge in [-0.3, -0.25) is 9.59 Å². The van der Waals surface area contributed by atoms with Crippen molar-refractivity contribution in [1.82, 2.24) is 9.78 Å². The van der Waals surface area contributed by atoms with Crippen LogP contribution in [0.2, 0.25) is 0 Å². The van der Waals surface area contributed by atoms with E-state index in [4.69, 9.17) is 5.73 Å². The van der Waals surface area contributed by atoms with Crippen LogP contribution in [0.1, 0.15) is 13.8 Å². The van der Waals surface area contributed by atoms with E-state index in [2.05, 4.69) is 5.10 Å². The molecule has 0 saturated heterocycles. The van der Waals surface area contributed by atoms with Gasteiger partial charge in [0.05, 0.1) is 0 Å². The van der Waals surface area contributed by atoms with Gasteiger partial charge in [0.15, 0.2) is 17.9 Å². The summed E-state index contributed by atoms with van der Waals surface area (Å²) in [5, 5.41) is 3.89. The number of nitrogen functional groups attached to an aromatic ring is 1. The third-order valence-electron chi connectivity index (χ3n) is 1.58. The predicted molar refractivity (Wildman–Crippen MR) is 48.2 cm³/mol. The maximum atomic E-state index is 10.8. The minimum Gasteiger partial charge on any atom is -0.305 e. The number of hydrogen-bond acceptors (Lipinski definition) is 4. The van der Waals surface area contributed by atoms with Crippen LogP contribution in [0.25, 0.3) is 0 Å². The lowest BCUT2D eigenvalue weighted by Gasteiger charge is -1.91. The Bertz CT molecular complexity index is 369. The molecule has 1 heterocycles. The molecule has 1 aromatic heterocycles. The topological polar surface area (TPSA) is 81.9 Å². The summed E-state index contributed by atoms with van der Waals surface area (Å²) in [5.74, 6) is 0.216. The first-order valence-electron chi connectivity index (χ1n) is 4.20. The van der Waals surface area contributed by atoms with E-state index >= 15 is 0 Å². The largest absolute Gasteiger partial charge is 0.375 e. The molecule has 0 spiro atoms. The minimum absolute atomic E-state index is 0.0101. The molecular formula is C8H13N4O2+. The lowest BCUT2D eigenvalue weighted by atomic mass is 10.4. The average Bonchev–Trinajstić information content (AvgIpc) is 2.28. The van der Waals surface area contributed by atoms with Crippen LogP contribution in [0, 0.1) is 0 Å². The van der Waals surface area contributed by atoms with E-state index in [1.165, 1.54) is 23.1 Å². The maximum absolute atomic E-state index is 10.8. The molecule has 14 heavy (non-hydrogen) atoms. The second-order valence-corrected chi connectivity index (χ2v) is 3.20.